The van der Waals surface area contributed by atoms with E-state index in [4.69, 9.17) is 0 Å². The fourth-order valence-electron chi connectivity index (χ4n) is 2.65. The van der Waals surface area contributed by atoms with E-state index < -0.39 is 23.7 Å². The molecule has 2 atom stereocenters. The molecule has 1 aliphatic rings. The van der Waals surface area contributed by atoms with Crippen molar-refractivity contribution < 1.29 is 22.0 Å². The van der Waals surface area contributed by atoms with Crippen molar-refractivity contribution in [1.29, 1.82) is 0 Å². The minimum atomic E-state index is -4.16. The number of nitrogens with one attached hydrogen (secondary N) is 1. The Morgan fingerprint density at radius 3 is 2.30 bits per heavy atom. The van der Waals surface area contributed by atoms with Gasteiger partial charge in [-0.2, -0.15) is 13.2 Å². The second-order valence-corrected chi connectivity index (χ2v) is 5.26. The third-order valence-corrected chi connectivity index (χ3v) is 3.65. The van der Waals surface area contributed by atoms with Crippen molar-refractivity contribution in [2.45, 2.75) is 44.4 Å². The van der Waals surface area contributed by atoms with E-state index in [-0.39, 0.29) is 25.4 Å². The third-order valence-electron chi connectivity index (χ3n) is 3.65. The normalized spacial score (nSPS) is 23.9. The van der Waals surface area contributed by atoms with E-state index in [0.29, 0.717) is 18.4 Å². The van der Waals surface area contributed by atoms with Crippen molar-refractivity contribution >= 4 is 0 Å². The Hall–Kier alpha value is -1.17. The quantitative estimate of drug-likeness (QED) is 0.825. The summed E-state index contributed by atoms with van der Waals surface area (Å²) in [5.74, 6) is -2.64. The van der Waals surface area contributed by atoms with Gasteiger partial charge in [0, 0.05) is 18.7 Å². The van der Waals surface area contributed by atoms with Gasteiger partial charge in [0.2, 0.25) is 0 Å². The Labute approximate surface area is 114 Å². The molecule has 0 aromatic heterocycles. The van der Waals surface area contributed by atoms with Crippen LogP contribution in [-0.2, 0) is 6.54 Å². The number of halogens is 5. The molecule has 0 amide bonds. The second kappa shape index (κ2) is 6.08. The second-order valence-electron chi connectivity index (χ2n) is 5.26. The van der Waals surface area contributed by atoms with Crippen LogP contribution in [0.3, 0.4) is 0 Å². The van der Waals surface area contributed by atoms with E-state index >= 15 is 0 Å². The lowest BCUT2D eigenvalue weighted by Crippen LogP contribution is -2.38. The van der Waals surface area contributed by atoms with Crippen LogP contribution in [0.1, 0.15) is 31.2 Å². The van der Waals surface area contributed by atoms with Crippen molar-refractivity contribution in [3.8, 4) is 0 Å². The summed E-state index contributed by atoms with van der Waals surface area (Å²) in [5, 5.41) is 2.96. The molecule has 1 N–H and O–H groups in total. The molecule has 0 aliphatic heterocycles. The van der Waals surface area contributed by atoms with E-state index in [0.717, 1.165) is 6.07 Å². The van der Waals surface area contributed by atoms with Crippen LogP contribution in [0.2, 0.25) is 0 Å². The predicted octanol–water partition coefficient (Wildman–Crippen LogP) is 4.18. The molecule has 0 heterocycles. The molecule has 1 fully saturated rings. The maximum absolute atomic E-state index is 13.0. The van der Waals surface area contributed by atoms with Crippen molar-refractivity contribution in [2.75, 3.05) is 0 Å². The van der Waals surface area contributed by atoms with Gasteiger partial charge in [0.1, 0.15) is 11.6 Å². The van der Waals surface area contributed by atoms with Gasteiger partial charge >= 0.3 is 6.18 Å². The van der Waals surface area contributed by atoms with E-state index in [2.05, 4.69) is 5.32 Å². The van der Waals surface area contributed by atoms with Gasteiger partial charge in [0.15, 0.2) is 0 Å². The monoisotopic (exact) mass is 293 g/mol. The zero-order valence-electron chi connectivity index (χ0n) is 10.8. The van der Waals surface area contributed by atoms with Crippen LogP contribution in [-0.4, -0.2) is 12.2 Å². The maximum atomic E-state index is 13.0. The Morgan fingerprint density at radius 1 is 1.05 bits per heavy atom. The smallest absolute Gasteiger partial charge is 0.310 e. The van der Waals surface area contributed by atoms with E-state index in [1.54, 1.807) is 0 Å². The average molecular weight is 293 g/mol. The first-order valence-electron chi connectivity index (χ1n) is 6.59. The van der Waals surface area contributed by atoms with Crippen molar-refractivity contribution in [1.82, 2.24) is 5.32 Å². The van der Waals surface area contributed by atoms with Gasteiger partial charge in [-0.05, 0) is 37.0 Å². The first kappa shape index (κ1) is 15.2. The minimum absolute atomic E-state index is 0.0291. The molecule has 0 saturated heterocycles. The lowest BCUT2D eigenvalue weighted by atomic mass is 9.85. The largest absolute Gasteiger partial charge is 0.391 e. The molecule has 20 heavy (non-hydrogen) atoms. The van der Waals surface area contributed by atoms with Crippen LogP contribution >= 0.6 is 0 Å². The summed E-state index contributed by atoms with van der Waals surface area (Å²) in [6.45, 7) is 0.171. The summed E-state index contributed by atoms with van der Waals surface area (Å²) in [5.41, 5.74) is 0.400. The maximum Gasteiger partial charge on any atom is 0.391 e. The highest BCUT2D eigenvalue weighted by molar-refractivity contribution is 5.17. The van der Waals surface area contributed by atoms with Crippen LogP contribution in [0.25, 0.3) is 0 Å². The Balaban J connectivity index is 1.90. The Kier molecular flexibility index (Phi) is 4.62. The number of alkyl halides is 3. The highest BCUT2D eigenvalue weighted by Gasteiger charge is 2.41. The van der Waals surface area contributed by atoms with Crippen LogP contribution in [0, 0.1) is 17.6 Å². The van der Waals surface area contributed by atoms with Gasteiger partial charge in [-0.3, -0.25) is 0 Å². The summed E-state index contributed by atoms with van der Waals surface area (Å²) in [6, 6.07) is 2.87. The van der Waals surface area contributed by atoms with Gasteiger partial charge in [0.25, 0.3) is 0 Å². The summed E-state index contributed by atoms with van der Waals surface area (Å²) in [7, 11) is 0. The molecular formula is C14H16F5N. The van der Waals surface area contributed by atoms with E-state index in [1.165, 1.54) is 12.1 Å². The molecule has 2 rings (SSSR count). The standard InChI is InChI=1S/C14H16F5N/c15-11-4-9(5-12(16)7-11)8-20-13-3-1-2-10(6-13)14(17,18)19/h4-5,7,10,13,20H,1-3,6,8H2. The van der Waals surface area contributed by atoms with E-state index in [9.17, 15) is 22.0 Å². The van der Waals surface area contributed by atoms with Gasteiger partial charge in [-0.15, -0.1) is 0 Å². The first-order valence-corrected chi connectivity index (χ1v) is 6.59. The zero-order chi connectivity index (χ0) is 14.8. The fourth-order valence-corrected chi connectivity index (χ4v) is 2.65. The summed E-state index contributed by atoms with van der Waals surface area (Å²) < 4.78 is 64.0. The molecule has 0 spiro atoms. The number of rotatable bonds is 3. The number of hydrogen-bond donors (Lipinski definition) is 1. The van der Waals surface area contributed by atoms with Crippen molar-refractivity contribution in [3.05, 3.63) is 35.4 Å². The lowest BCUT2D eigenvalue weighted by molar-refractivity contribution is -0.183. The van der Waals surface area contributed by atoms with Crippen LogP contribution in [0.5, 0.6) is 0 Å². The summed E-state index contributed by atoms with van der Waals surface area (Å²) in [6.07, 6.45) is -2.80. The average Bonchev–Trinajstić information content (AvgIpc) is 2.35. The molecule has 1 aliphatic carbocycles. The third kappa shape index (κ3) is 4.16. The van der Waals surface area contributed by atoms with Gasteiger partial charge in [-0.1, -0.05) is 6.42 Å². The highest BCUT2D eigenvalue weighted by Crippen LogP contribution is 2.37. The molecule has 1 saturated carbocycles. The molecule has 6 heteroatoms. The molecule has 112 valence electrons. The van der Waals surface area contributed by atoms with Crippen LogP contribution in [0.4, 0.5) is 22.0 Å². The predicted molar refractivity (Wildman–Crippen MR) is 65.0 cm³/mol. The van der Waals surface area contributed by atoms with Crippen LogP contribution < -0.4 is 5.32 Å². The topological polar surface area (TPSA) is 12.0 Å². The first-order chi connectivity index (χ1) is 9.34. The lowest BCUT2D eigenvalue weighted by Gasteiger charge is -2.31. The summed E-state index contributed by atoms with van der Waals surface area (Å²) >= 11 is 0. The molecular weight excluding hydrogens is 277 g/mol. The molecule has 1 aromatic rings. The highest BCUT2D eigenvalue weighted by atomic mass is 19.4. The van der Waals surface area contributed by atoms with Gasteiger partial charge in [0.05, 0.1) is 5.92 Å². The Bertz CT molecular complexity index is 437. The van der Waals surface area contributed by atoms with Gasteiger partial charge in [-0.25, -0.2) is 8.78 Å². The minimum Gasteiger partial charge on any atom is -0.310 e. The molecule has 0 radical (unpaired) electrons. The van der Waals surface area contributed by atoms with E-state index in [1.807, 2.05) is 0 Å². The molecule has 0 bridgehead atoms. The van der Waals surface area contributed by atoms with Crippen molar-refractivity contribution in [3.63, 3.8) is 0 Å². The molecule has 1 aromatic carbocycles. The van der Waals surface area contributed by atoms with Gasteiger partial charge < -0.3 is 5.32 Å². The number of benzene rings is 1. The van der Waals surface area contributed by atoms with Crippen LogP contribution in [0.15, 0.2) is 18.2 Å². The van der Waals surface area contributed by atoms with Crippen molar-refractivity contribution in [2.24, 2.45) is 5.92 Å². The SMILES string of the molecule is Fc1cc(F)cc(CNC2CCCC(C(F)(F)F)C2)c1. The zero-order valence-corrected chi connectivity index (χ0v) is 10.8. The number of hydrogen-bond acceptors (Lipinski definition) is 1. The fraction of sp³-hybridized carbons (Fsp3) is 0.571. The molecule has 1 nitrogen and oxygen atoms in total. The molecule has 2 unspecified atom stereocenters. The Morgan fingerprint density at radius 2 is 1.70 bits per heavy atom. The summed E-state index contributed by atoms with van der Waals surface area (Å²) in [4.78, 5) is 0.